The normalized spacial score (nSPS) is 10.5. The van der Waals surface area contributed by atoms with E-state index in [0.717, 1.165) is 9.13 Å². The number of nitrogens with zero attached hydrogens (tertiary/aromatic N) is 2. The highest BCUT2D eigenvalue weighted by molar-refractivity contribution is 14.1. The minimum atomic E-state index is -0.517. The Morgan fingerprint density at radius 1 is 1.24 bits per heavy atom. The van der Waals surface area contributed by atoms with Crippen molar-refractivity contribution in [1.29, 1.82) is 0 Å². The Kier molecular flexibility index (Phi) is 4.99. The van der Waals surface area contributed by atoms with E-state index in [9.17, 15) is 14.9 Å². The SMILES string of the molecule is O=C(N/N=C\c1cccc(I)c1)c1ccc([N+](=O)[O-])cc1. The van der Waals surface area contributed by atoms with E-state index in [2.05, 4.69) is 33.1 Å². The van der Waals surface area contributed by atoms with Gasteiger partial charge in [-0.1, -0.05) is 12.1 Å². The van der Waals surface area contributed by atoms with E-state index in [1.54, 1.807) is 0 Å². The fourth-order valence-corrected chi connectivity index (χ4v) is 2.12. The Morgan fingerprint density at radius 2 is 1.95 bits per heavy atom. The third kappa shape index (κ3) is 4.35. The molecule has 1 N–H and O–H groups in total. The van der Waals surface area contributed by atoms with E-state index in [4.69, 9.17) is 0 Å². The van der Waals surface area contributed by atoms with Crippen molar-refractivity contribution in [2.75, 3.05) is 0 Å². The van der Waals surface area contributed by atoms with E-state index in [1.165, 1.54) is 30.5 Å². The van der Waals surface area contributed by atoms with Crippen LogP contribution in [0.1, 0.15) is 15.9 Å². The van der Waals surface area contributed by atoms with Crippen molar-refractivity contribution in [2.24, 2.45) is 5.10 Å². The van der Waals surface area contributed by atoms with Crippen molar-refractivity contribution >= 4 is 40.4 Å². The highest BCUT2D eigenvalue weighted by atomic mass is 127. The predicted octanol–water partition coefficient (Wildman–Crippen LogP) is 2.96. The summed E-state index contributed by atoms with van der Waals surface area (Å²) in [5.74, 6) is -0.424. The van der Waals surface area contributed by atoms with Crippen LogP contribution < -0.4 is 5.43 Å². The molecule has 2 rings (SSSR count). The van der Waals surface area contributed by atoms with Crippen LogP contribution in [0.15, 0.2) is 53.6 Å². The molecule has 0 aromatic heterocycles. The van der Waals surface area contributed by atoms with Gasteiger partial charge < -0.3 is 0 Å². The van der Waals surface area contributed by atoms with Gasteiger partial charge in [0.25, 0.3) is 11.6 Å². The van der Waals surface area contributed by atoms with Crippen molar-refractivity contribution in [3.8, 4) is 0 Å². The summed E-state index contributed by atoms with van der Waals surface area (Å²) in [5.41, 5.74) is 3.49. The van der Waals surface area contributed by atoms with E-state index in [1.807, 2.05) is 24.3 Å². The molecule has 7 heteroatoms. The van der Waals surface area contributed by atoms with Crippen LogP contribution in [-0.4, -0.2) is 17.0 Å². The molecule has 1 amide bonds. The van der Waals surface area contributed by atoms with E-state index < -0.39 is 10.8 Å². The molecule has 0 radical (unpaired) electrons. The number of carbonyl (C=O) groups excluding carboxylic acids is 1. The van der Waals surface area contributed by atoms with Gasteiger partial charge in [-0.05, 0) is 52.4 Å². The van der Waals surface area contributed by atoms with Crippen LogP contribution in [0.25, 0.3) is 0 Å². The zero-order valence-electron chi connectivity index (χ0n) is 10.7. The minimum absolute atomic E-state index is 0.0612. The van der Waals surface area contributed by atoms with Gasteiger partial charge in [-0.15, -0.1) is 0 Å². The van der Waals surface area contributed by atoms with Crippen molar-refractivity contribution < 1.29 is 9.72 Å². The zero-order valence-corrected chi connectivity index (χ0v) is 12.9. The molecule has 106 valence electrons. The Morgan fingerprint density at radius 3 is 2.57 bits per heavy atom. The predicted molar refractivity (Wildman–Crippen MR) is 87.3 cm³/mol. The molecule has 0 saturated heterocycles. The molecule has 0 atom stereocenters. The number of nitro benzene ring substituents is 1. The fourth-order valence-electron chi connectivity index (χ4n) is 1.55. The molecule has 21 heavy (non-hydrogen) atoms. The molecule has 0 spiro atoms. The van der Waals surface area contributed by atoms with Crippen molar-refractivity contribution in [3.63, 3.8) is 0 Å². The van der Waals surface area contributed by atoms with Crippen LogP contribution in [0.5, 0.6) is 0 Å². The molecule has 0 fully saturated rings. The molecule has 0 saturated carbocycles. The Hall–Kier alpha value is -2.29. The number of nitrogens with one attached hydrogen (secondary N) is 1. The number of nitro groups is 1. The molecule has 0 heterocycles. The lowest BCUT2D eigenvalue weighted by molar-refractivity contribution is -0.384. The third-order valence-electron chi connectivity index (χ3n) is 2.57. The first kappa shape index (κ1) is 15.1. The third-order valence-corrected chi connectivity index (χ3v) is 3.24. The maximum Gasteiger partial charge on any atom is 0.271 e. The summed E-state index contributed by atoms with van der Waals surface area (Å²) in [6, 6.07) is 12.9. The number of benzene rings is 2. The number of hydrogen-bond acceptors (Lipinski definition) is 4. The van der Waals surface area contributed by atoms with Crippen molar-refractivity contribution in [3.05, 3.63) is 73.3 Å². The van der Waals surface area contributed by atoms with Gasteiger partial charge in [0.05, 0.1) is 11.1 Å². The van der Waals surface area contributed by atoms with Gasteiger partial charge in [-0.3, -0.25) is 14.9 Å². The Labute approximate surface area is 134 Å². The van der Waals surface area contributed by atoms with E-state index in [0.29, 0.717) is 5.56 Å². The van der Waals surface area contributed by atoms with Crippen LogP contribution in [0.2, 0.25) is 0 Å². The molecule has 0 aliphatic carbocycles. The molecule has 6 nitrogen and oxygen atoms in total. The molecular weight excluding hydrogens is 385 g/mol. The van der Waals surface area contributed by atoms with Crippen LogP contribution in [0, 0.1) is 13.7 Å². The monoisotopic (exact) mass is 395 g/mol. The maximum absolute atomic E-state index is 11.8. The molecule has 0 unspecified atom stereocenters. The first-order chi connectivity index (χ1) is 10.1. The summed E-state index contributed by atoms with van der Waals surface area (Å²) < 4.78 is 1.07. The Balaban J connectivity index is 2.00. The summed E-state index contributed by atoms with van der Waals surface area (Å²) in [4.78, 5) is 21.8. The van der Waals surface area contributed by atoms with Gasteiger partial charge in [0.2, 0.25) is 0 Å². The van der Waals surface area contributed by atoms with Gasteiger partial charge in [0, 0.05) is 21.3 Å². The lowest BCUT2D eigenvalue weighted by atomic mass is 10.2. The lowest BCUT2D eigenvalue weighted by Crippen LogP contribution is -2.17. The Bertz CT molecular complexity index is 699. The summed E-state index contributed by atoms with van der Waals surface area (Å²) >= 11 is 2.18. The van der Waals surface area contributed by atoms with Gasteiger partial charge in [0.15, 0.2) is 0 Å². The first-order valence-electron chi connectivity index (χ1n) is 5.90. The fraction of sp³-hybridized carbons (Fsp3) is 0. The summed E-state index contributed by atoms with van der Waals surface area (Å²) in [5, 5.41) is 14.4. The first-order valence-corrected chi connectivity index (χ1v) is 6.97. The molecule has 2 aromatic carbocycles. The molecule has 0 bridgehead atoms. The molecule has 0 aliphatic heterocycles. The van der Waals surface area contributed by atoms with Gasteiger partial charge in [-0.25, -0.2) is 5.43 Å². The van der Waals surface area contributed by atoms with E-state index in [-0.39, 0.29) is 5.69 Å². The summed E-state index contributed by atoms with van der Waals surface area (Å²) in [7, 11) is 0. The molecule has 0 aliphatic rings. The lowest BCUT2D eigenvalue weighted by Gasteiger charge is -1.99. The standard InChI is InChI=1S/C14H10IN3O3/c15-12-3-1-2-10(8-12)9-16-17-14(19)11-4-6-13(7-5-11)18(20)21/h1-9H,(H,17,19)/b16-9-. The number of hydrazone groups is 1. The van der Waals surface area contributed by atoms with Crippen LogP contribution >= 0.6 is 22.6 Å². The van der Waals surface area contributed by atoms with Gasteiger partial charge in [0.1, 0.15) is 0 Å². The second-order valence-electron chi connectivity index (χ2n) is 4.06. The van der Waals surface area contributed by atoms with Gasteiger partial charge in [-0.2, -0.15) is 5.10 Å². The number of non-ortho nitro benzene ring substituents is 1. The smallest absolute Gasteiger partial charge is 0.267 e. The zero-order chi connectivity index (χ0) is 15.2. The van der Waals surface area contributed by atoms with Gasteiger partial charge >= 0.3 is 0 Å². The van der Waals surface area contributed by atoms with Crippen LogP contribution in [-0.2, 0) is 0 Å². The quantitative estimate of drug-likeness (QED) is 0.374. The largest absolute Gasteiger partial charge is 0.271 e. The number of carbonyl (C=O) groups is 1. The summed E-state index contributed by atoms with van der Waals surface area (Å²) in [6.45, 7) is 0. The van der Waals surface area contributed by atoms with E-state index >= 15 is 0 Å². The maximum atomic E-state index is 11.8. The molecule has 2 aromatic rings. The van der Waals surface area contributed by atoms with Crippen molar-refractivity contribution in [2.45, 2.75) is 0 Å². The average molecular weight is 395 g/mol. The number of halogens is 1. The number of amides is 1. The van der Waals surface area contributed by atoms with Crippen molar-refractivity contribution in [1.82, 2.24) is 5.43 Å². The van der Waals surface area contributed by atoms with Crippen LogP contribution in [0.3, 0.4) is 0 Å². The highest BCUT2D eigenvalue weighted by Gasteiger charge is 2.08. The average Bonchev–Trinajstić information content (AvgIpc) is 2.47. The topological polar surface area (TPSA) is 84.6 Å². The van der Waals surface area contributed by atoms with Crippen LogP contribution in [0.4, 0.5) is 5.69 Å². The molecular formula is C14H10IN3O3. The minimum Gasteiger partial charge on any atom is -0.267 e. The second-order valence-corrected chi connectivity index (χ2v) is 5.30. The highest BCUT2D eigenvalue weighted by Crippen LogP contribution is 2.11. The second kappa shape index (κ2) is 6.93. The number of hydrogen-bond donors (Lipinski definition) is 1. The number of rotatable bonds is 4. The summed E-state index contributed by atoms with van der Waals surface area (Å²) in [6.07, 6.45) is 1.53.